The van der Waals surface area contributed by atoms with Gasteiger partial charge in [0.05, 0.1) is 0 Å². The van der Waals surface area contributed by atoms with Crippen LogP contribution in [-0.2, 0) is 4.79 Å². The molecule has 0 aliphatic rings. The molecule has 1 aromatic rings. The lowest BCUT2D eigenvalue weighted by atomic mass is 10.2. The van der Waals surface area contributed by atoms with Crippen molar-refractivity contribution in [2.75, 3.05) is 5.75 Å². The zero-order chi connectivity index (χ0) is 11.3. The highest BCUT2D eigenvalue weighted by Crippen LogP contribution is 2.19. The Morgan fingerprint density at radius 1 is 1.60 bits per heavy atom. The minimum Gasteiger partial charge on any atom is -0.480 e. The number of benzene rings is 1. The molecule has 3 N–H and O–H groups in total. The van der Waals surface area contributed by atoms with E-state index in [-0.39, 0.29) is 5.82 Å². The molecule has 1 aromatic carbocycles. The molecular formula is C10H12FNO2S. The van der Waals surface area contributed by atoms with Crippen molar-refractivity contribution in [3.8, 4) is 0 Å². The van der Waals surface area contributed by atoms with E-state index in [2.05, 4.69) is 0 Å². The van der Waals surface area contributed by atoms with Crippen LogP contribution in [0.3, 0.4) is 0 Å². The van der Waals surface area contributed by atoms with E-state index >= 15 is 0 Å². The van der Waals surface area contributed by atoms with E-state index in [0.29, 0.717) is 12.2 Å². The van der Waals surface area contributed by atoms with E-state index in [1.807, 2.05) is 0 Å². The third-order valence-corrected chi connectivity index (χ3v) is 2.84. The van der Waals surface area contributed by atoms with E-state index in [4.69, 9.17) is 10.8 Å². The second kappa shape index (κ2) is 5.72. The molecule has 0 saturated heterocycles. The van der Waals surface area contributed by atoms with Crippen molar-refractivity contribution >= 4 is 17.7 Å². The Balaban J connectivity index is 2.35. The van der Waals surface area contributed by atoms with Gasteiger partial charge in [0.2, 0.25) is 0 Å². The molecule has 0 fully saturated rings. The summed E-state index contributed by atoms with van der Waals surface area (Å²) in [6.45, 7) is 0. The van der Waals surface area contributed by atoms with Crippen molar-refractivity contribution < 1.29 is 14.3 Å². The zero-order valence-corrected chi connectivity index (χ0v) is 8.84. The van der Waals surface area contributed by atoms with Crippen molar-refractivity contribution in [2.24, 2.45) is 5.73 Å². The molecule has 1 rings (SSSR count). The van der Waals surface area contributed by atoms with Gasteiger partial charge in [0, 0.05) is 10.6 Å². The first-order valence-corrected chi connectivity index (χ1v) is 5.45. The first-order valence-electron chi connectivity index (χ1n) is 4.46. The molecule has 0 amide bonds. The Hall–Kier alpha value is -1.07. The summed E-state index contributed by atoms with van der Waals surface area (Å²) in [4.78, 5) is 11.2. The lowest BCUT2D eigenvalue weighted by molar-refractivity contribution is -0.138. The largest absolute Gasteiger partial charge is 0.480 e. The molecule has 0 heterocycles. The van der Waals surface area contributed by atoms with Crippen molar-refractivity contribution in [2.45, 2.75) is 17.4 Å². The third-order valence-electron chi connectivity index (χ3n) is 1.81. The average molecular weight is 229 g/mol. The van der Waals surface area contributed by atoms with Crippen LogP contribution in [0.5, 0.6) is 0 Å². The number of carboxylic acids is 1. The molecule has 0 bridgehead atoms. The number of aliphatic carboxylic acids is 1. The van der Waals surface area contributed by atoms with Gasteiger partial charge >= 0.3 is 5.97 Å². The number of rotatable bonds is 5. The summed E-state index contributed by atoms with van der Waals surface area (Å²) in [5, 5.41) is 8.53. The summed E-state index contributed by atoms with van der Waals surface area (Å²) >= 11 is 1.40. The van der Waals surface area contributed by atoms with Gasteiger partial charge in [0.1, 0.15) is 11.9 Å². The number of hydrogen-bond acceptors (Lipinski definition) is 3. The second-order valence-corrected chi connectivity index (χ2v) is 4.21. The van der Waals surface area contributed by atoms with Crippen LogP contribution in [0.2, 0.25) is 0 Å². The van der Waals surface area contributed by atoms with Crippen molar-refractivity contribution in [1.82, 2.24) is 0 Å². The van der Waals surface area contributed by atoms with Gasteiger partial charge in [0.25, 0.3) is 0 Å². The number of carbonyl (C=O) groups is 1. The van der Waals surface area contributed by atoms with Gasteiger partial charge in [-0.15, -0.1) is 11.8 Å². The number of hydrogen-bond donors (Lipinski definition) is 2. The average Bonchev–Trinajstić information content (AvgIpc) is 2.17. The number of carboxylic acid groups (broad SMARTS) is 1. The Kier molecular flexibility index (Phi) is 4.58. The van der Waals surface area contributed by atoms with Crippen LogP contribution in [0.1, 0.15) is 6.42 Å². The first kappa shape index (κ1) is 12.0. The van der Waals surface area contributed by atoms with E-state index in [1.54, 1.807) is 12.1 Å². The quantitative estimate of drug-likeness (QED) is 0.755. The second-order valence-electron chi connectivity index (χ2n) is 3.04. The highest BCUT2D eigenvalue weighted by molar-refractivity contribution is 7.99. The van der Waals surface area contributed by atoms with Crippen molar-refractivity contribution in [3.63, 3.8) is 0 Å². The minimum atomic E-state index is -1.00. The maximum atomic E-state index is 12.7. The summed E-state index contributed by atoms with van der Waals surface area (Å²) < 4.78 is 12.7. The van der Waals surface area contributed by atoms with Gasteiger partial charge in [-0.05, 0) is 24.6 Å². The van der Waals surface area contributed by atoms with Crippen molar-refractivity contribution in [1.29, 1.82) is 0 Å². The Bertz CT molecular complexity index is 346. The fourth-order valence-corrected chi connectivity index (χ4v) is 1.96. The summed E-state index contributed by atoms with van der Waals surface area (Å²) in [7, 11) is 0. The molecule has 1 atom stereocenters. The van der Waals surface area contributed by atoms with Gasteiger partial charge in [0.15, 0.2) is 0 Å². The third kappa shape index (κ3) is 4.31. The molecule has 0 aliphatic heterocycles. The molecule has 0 aliphatic carbocycles. The summed E-state index contributed by atoms with van der Waals surface area (Å²) in [6.07, 6.45) is 0.372. The van der Waals surface area contributed by atoms with E-state index in [0.717, 1.165) is 4.90 Å². The van der Waals surface area contributed by atoms with E-state index < -0.39 is 12.0 Å². The standard InChI is InChI=1S/C10H12FNO2S/c11-7-2-1-3-8(6-7)15-5-4-9(12)10(13)14/h1-3,6,9H,4-5,12H2,(H,13,14). The van der Waals surface area contributed by atoms with Crippen LogP contribution in [0, 0.1) is 5.82 Å². The van der Waals surface area contributed by atoms with Crippen LogP contribution in [0.4, 0.5) is 4.39 Å². The number of thioether (sulfide) groups is 1. The molecule has 1 unspecified atom stereocenters. The summed E-state index contributed by atoms with van der Waals surface area (Å²) in [6, 6.07) is 5.34. The van der Waals surface area contributed by atoms with E-state index in [1.165, 1.54) is 23.9 Å². The fraction of sp³-hybridized carbons (Fsp3) is 0.300. The van der Waals surface area contributed by atoms with Crippen LogP contribution >= 0.6 is 11.8 Å². The highest BCUT2D eigenvalue weighted by Gasteiger charge is 2.10. The molecule has 0 saturated carbocycles. The molecule has 15 heavy (non-hydrogen) atoms. The SMILES string of the molecule is NC(CCSc1cccc(F)c1)C(=O)O. The van der Waals surface area contributed by atoms with Gasteiger partial charge in [-0.3, -0.25) is 4.79 Å². The van der Waals surface area contributed by atoms with Crippen molar-refractivity contribution in [3.05, 3.63) is 30.1 Å². The van der Waals surface area contributed by atoms with Crippen LogP contribution in [-0.4, -0.2) is 22.9 Å². The first-order chi connectivity index (χ1) is 7.09. The fourth-order valence-electron chi connectivity index (χ4n) is 0.984. The zero-order valence-electron chi connectivity index (χ0n) is 8.02. The predicted molar refractivity (Wildman–Crippen MR) is 57.4 cm³/mol. The topological polar surface area (TPSA) is 63.3 Å². The monoisotopic (exact) mass is 229 g/mol. The highest BCUT2D eigenvalue weighted by atomic mass is 32.2. The predicted octanol–water partition coefficient (Wildman–Crippen LogP) is 1.72. The van der Waals surface area contributed by atoms with Gasteiger partial charge in [-0.2, -0.15) is 0 Å². The Morgan fingerprint density at radius 3 is 2.93 bits per heavy atom. The van der Waals surface area contributed by atoms with Crippen LogP contribution in [0.25, 0.3) is 0 Å². The van der Waals surface area contributed by atoms with Crippen LogP contribution < -0.4 is 5.73 Å². The molecule has 0 aromatic heterocycles. The summed E-state index contributed by atoms with van der Waals surface area (Å²) in [5.41, 5.74) is 5.32. The lowest BCUT2D eigenvalue weighted by Crippen LogP contribution is -2.30. The molecular weight excluding hydrogens is 217 g/mol. The Morgan fingerprint density at radius 2 is 2.33 bits per heavy atom. The van der Waals surface area contributed by atoms with Crippen LogP contribution in [0.15, 0.2) is 29.2 Å². The molecule has 3 nitrogen and oxygen atoms in total. The smallest absolute Gasteiger partial charge is 0.320 e. The Labute approximate surface area is 91.5 Å². The maximum absolute atomic E-state index is 12.7. The molecule has 5 heteroatoms. The molecule has 0 radical (unpaired) electrons. The number of halogens is 1. The normalized spacial score (nSPS) is 12.4. The lowest BCUT2D eigenvalue weighted by Gasteiger charge is -2.05. The molecule has 82 valence electrons. The number of nitrogens with two attached hydrogens (primary N) is 1. The molecule has 0 spiro atoms. The van der Waals surface area contributed by atoms with E-state index in [9.17, 15) is 9.18 Å². The minimum absolute atomic E-state index is 0.289. The summed E-state index contributed by atoms with van der Waals surface area (Å²) in [5.74, 6) is -0.728. The van der Waals surface area contributed by atoms with Gasteiger partial charge in [-0.1, -0.05) is 6.07 Å². The van der Waals surface area contributed by atoms with Gasteiger partial charge < -0.3 is 10.8 Å². The van der Waals surface area contributed by atoms with Gasteiger partial charge in [-0.25, -0.2) is 4.39 Å². The maximum Gasteiger partial charge on any atom is 0.320 e.